The number of carbonyl (C=O) groups is 1. The summed E-state index contributed by atoms with van der Waals surface area (Å²) in [7, 11) is 0. The van der Waals surface area contributed by atoms with Crippen molar-refractivity contribution >= 4 is 5.91 Å². The standard InChI is InChI=1S/C11H13NO/c1-2-3-4-6-10-7-5-8-12-11(13)9-10/h10H,5,7-9H2,1H3,(H,12,13)/t10-/m0/s1. The summed E-state index contributed by atoms with van der Waals surface area (Å²) < 4.78 is 0. The predicted molar refractivity (Wildman–Crippen MR) is 51.6 cm³/mol. The van der Waals surface area contributed by atoms with E-state index in [2.05, 4.69) is 29.0 Å². The highest BCUT2D eigenvalue weighted by Crippen LogP contribution is 2.12. The van der Waals surface area contributed by atoms with Crippen LogP contribution in [0.15, 0.2) is 0 Å². The van der Waals surface area contributed by atoms with Crippen LogP contribution in [0.3, 0.4) is 0 Å². The van der Waals surface area contributed by atoms with Gasteiger partial charge in [-0.15, -0.1) is 0 Å². The maximum Gasteiger partial charge on any atom is 0.221 e. The lowest BCUT2D eigenvalue weighted by molar-refractivity contribution is -0.121. The maximum atomic E-state index is 11.1. The van der Waals surface area contributed by atoms with E-state index < -0.39 is 0 Å². The highest BCUT2D eigenvalue weighted by Gasteiger charge is 2.14. The van der Waals surface area contributed by atoms with Crippen molar-refractivity contribution in [1.29, 1.82) is 0 Å². The summed E-state index contributed by atoms with van der Waals surface area (Å²) in [5.41, 5.74) is 0. The van der Waals surface area contributed by atoms with Crippen LogP contribution in [0.25, 0.3) is 0 Å². The Morgan fingerprint density at radius 3 is 3.08 bits per heavy atom. The molecule has 2 nitrogen and oxygen atoms in total. The van der Waals surface area contributed by atoms with E-state index in [1.54, 1.807) is 6.92 Å². The molecule has 1 atom stereocenters. The van der Waals surface area contributed by atoms with E-state index in [-0.39, 0.29) is 11.8 Å². The van der Waals surface area contributed by atoms with Crippen molar-refractivity contribution in [2.75, 3.05) is 6.54 Å². The molecule has 1 saturated heterocycles. The molecule has 0 spiro atoms. The van der Waals surface area contributed by atoms with Crippen molar-refractivity contribution in [1.82, 2.24) is 5.32 Å². The van der Waals surface area contributed by atoms with Gasteiger partial charge in [-0.1, -0.05) is 11.8 Å². The zero-order valence-electron chi connectivity index (χ0n) is 7.81. The molecular formula is C11H13NO. The van der Waals surface area contributed by atoms with Gasteiger partial charge in [0.2, 0.25) is 5.91 Å². The third kappa shape index (κ3) is 3.67. The van der Waals surface area contributed by atoms with E-state index >= 15 is 0 Å². The van der Waals surface area contributed by atoms with Crippen molar-refractivity contribution in [2.24, 2.45) is 5.92 Å². The van der Waals surface area contributed by atoms with Crippen LogP contribution in [0.4, 0.5) is 0 Å². The Balaban J connectivity index is 2.52. The second-order valence-electron chi connectivity index (χ2n) is 3.04. The van der Waals surface area contributed by atoms with E-state index in [1.165, 1.54) is 0 Å². The van der Waals surface area contributed by atoms with Gasteiger partial charge in [0.05, 0.1) is 0 Å². The number of hydrogen-bond acceptors (Lipinski definition) is 1. The van der Waals surface area contributed by atoms with Gasteiger partial charge in [-0.2, -0.15) is 0 Å². The Hall–Kier alpha value is -1.41. The van der Waals surface area contributed by atoms with Gasteiger partial charge < -0.3 is 5.32 Å². The van der Waals surface area contributed by atoms with Crippen molar-refractivity contribution < 1.29 is 4.79 Å². The van der Waals surface area contributed by atoms with Gasteiger partial charge in [0, 0.05) is 18.9 Å². The van der Waals surface area contributed by atoms with Crippen molar-refractivity contribution in [3.63, 3.8) is 0 Å². The van der Waals surface area contributed by atoms with Crippen LogP contribution in [0, 0.1) is 29.6 Å². The first-order valence-electron chi connectivity index (χ1n) is 4.52. The Kier molecular flexibility index (Phi) is 3.93. The van der Waals surface area contributed by atoms with E-state index in [4.69, 9.17) is 0 Å². The van der Waals surface area contributed by atoms with Crippen molar-refractivity contribution in [3.8, 4) is 23.7 Å². The summed E-state index contributed by atoms with van der Waals surface area (Å²) in [4.78, 5) is 11.1. The van der Waals surface area contributed by atoms with Crippen molar-refractivity contribution in [3.05, 3.63) is 0 Å². The summed E-state index contributed by atoms with van der Waals surface area (Å²) in [6, 6.07) is 0. The first-order chi connectivity index (χ1) is 6.33. The molecule has 0 aliphatic carbocycles. The molecule has 1 fully saturated rings. The first-order valence-corrected chi connectivity index (χ1v) is 4.52. The van der Waals surface area contributed by atoms with Gasteiger partial charge in [-0.25, -0.2) is 0 Å². The second-order valence-corrected chi connectivity index (χ2v) is 3.04. The third-order valence-corrected chi connectivity index (χ3v) is 1.95. The molecule has 1 N–H and O–H groups in total. The van der Waals surface area contributed by atoms with Gasteiger partial charge in [0.1, 0.15) is 0 Å². The molecule has 0 unspecified atom stereocenters. The molecular weight excluding hydrogens is 162 g/mol. The van der Waals surface area contributed by atoms with Crippen LogP contribution in [0.5, 0.6) is 0 Å². The Bertz CT molecular complexity index is 298. The molecule has 0 radical (unpaired) electrons. The fourth-order valence-corrected chi connectivity index (χ4v) is 1.30. The molecule has 1 aliphatic rings. The fourth-order valence-electron chi connectivity index (χ4n) is 1.30. The molecule has 13 heavy (non-hydrogen) atoms. The zero-order chi connectivity index (χ0) is 9.52. The molecule has 0 saturated carbocycles. The lowest BCUT2D eigenvalue weighted by Gasteiger charge is -2.01. The molecule has 1 amide bonds. The lowest BCUT2D eigenvalue weighted by Crippen LogP contribution is -2.22. The van der Waals surface area contributed by atoms with Crippen LogP contribution in [0.1, 0.15) is 26.2 Å². The molecule has 2 heteroatoms. The molecule has 1 rings (SSSR count). The summed E-state index contributed by atoms with van der Waals surface area (Å²) in [6.07, 6.45) is 2.54. The minimum Gasteiger partial charge on any atom is -0.356 e. The van der Waals surface area contributed by atoms with Crippen LogP contribution in [-0.2, 0) is 4.79 Å². The molecule has 1 aliphatic heterocycles. The Morgan fingerprint density at radius 2 is 2.31 bits per heavy atom. The van der Waals surface area contributed by atoms with Crippen LogP contribution in [0.2, 0.25) is 0 Å². The SMILES string of the molecule is CC#CC#C[C@H]1CCCNC(=O)C1. The maximum absolute atomic E-state index is 11.1. The van der Waals surface area contributed by atoms with E-state index in [9.17, 15) is 4.79 Å². The minimum absolute atomic E-state index is 0.112. The van der Waals surface area contributed by atoms with E-state index in [0.717, 1.165) is 19.4 Å². The lowest BCUT2D eigenvalue weighted by atomic mass is 10.0. The molecule has 0 aromatic rings. The van der Waals surface area contributed by atoms with Crippen LogP contribution in [-0.4, -0.2) is 12.5 Å². The first kappa shape index (κ1) is 9.68. The molecule has 68 valence electrons. The number of rotatable bonds is 0. The molecule has 0 bridgehead atoms. The Morgan fingerprint density at radius 1 is 1.46 bits per heavy atom. The average Bonchev–Trinajstić information content (AvgIpc) is 2.31. The summed E-state index contributed by atoms with van der Waals surface area (Å²) in [6.45, 7) is 2.55. The minimum atomic E-state index is 0.112. The molecule has 0 aromatic heterocycles. The van der Waals surface area contributed by atoms with Crippen LogP contribution >= 0.6 is 0 Å². The van der Waals surface area contributed by atoms with Gasteiger partial charge in [0.25, 0.3) is 0 Å². The number of carbonyl (C=O) groups excluding carboxylic acids is 1. The number of hydrogen-bond donors (Lipinski definition) is 1. The Labute approximate surface area is 79.1 Å². The predicted octanol–water partition coefficient (Wildman–Crippen LogP) is 0.929. The third-order valence-electron chi connectivity index (χ3n) is 1.95. The summed E-state index contributed by atoms with van der Waals surface area (Å²) in [5, 5.41) is 2.82. The smallest absolute Gasteiger partial charge is 0.221 e. The highest BCUT2D eigenvalue weighted by molar-refractivity contribution is 5.76. The topological polar surface area (TPSA) is 29.1 Å². The average molecular weight is 175 g/mol. The van der Waals surface area contributed by atoms with Gasteiger partial charge in [0.15, 0.2) is 0 Å². The number of nitrogens with one attached hydrogen (secondary N) is 1. The largest absolute Gasteiger partial charge is 0.356 e. The normalized spacial score (nSPS) is 21.3. The fraction of sp³-hybridized carbons (Fsp3) is 0.545. The van der Waals surface area contributed by atoms with Crippen molar-refractivity contribution in [2.45, 2.75) is 26.2 Å². The zero-order valence-corrected chi connectivity index (χ0v) is 7.81. The van der Waals surface area contributed by atoms with Gasteiger partial charge >= 0.3 is 0 Å². The highest BCUT2D eigenvalue weighted by atomic mass is 16.1. The quantitative estimate of drug-likeness (QED) is 0.545. The van der Waals surface area contributed by atoms with E-state index in [1.807, 2.05) is 0 Å². The second kappa shape index (κ2) is 5.27. The molecule has 0 aromatic carbocycles. The monoisotopic (exact) mass is 175 g/mol. The number of amides is 1. The molecule has 1 heterocycles. The van der Waals surface area contributed by atoms with Crippen LogP contribution < -0.4 is 5.32 Å². The van der Waals surface area contributed by atoms with E-state index in [0.29, 0.717) is 6.42 Å². The summed E-state index contributed by atoms with van der Waals surface area (Å²) in [5.74, 6) is 11.5. The summed E-state index contributed by atoms with van der Waals surface area (Å²) >= 11 is 0. The van der Waals surface area contributed by atoms with Gasteiger partial charge in [-0.05, 0) is 31.6 Å². The van der Waals surface area contributed by atoms with Gasteiger partial charge in [-0.3, -0.25) is 4.79 Å².